The number of piperidine rings is 1. The van der Waals surface area contributed by atoms with Gasteiger partial charge in [-0.15, -0.1) is 0 Å². The highest BCUT2D eigenvalue weighted by molar-refractivity contribution is 5.89. The molecular formula is C17H23F3N2O2. The number of esters is 1. The summed E-state index contributed by atoms with van der Waals surface area (Å²) in [4.78, 5) is 15.7. The minimum atomic E-state index is -4.50. The van der Waals surface area contributed by atoms with Crippen LogP contribution in [-0.2, 0) is 17.5 Å². The summed E-state index contributed by atoms with van der Waals surface area (Å²) in [5, 5.41) is 0. The number of carbonyl (C=O) groups excluding carboxylic acids is 1. The average molecular weight is 344 g/mol. The van der Waals surface area contributed by atoms with Crippen molar-refractivity contribution in [1.29, 1.82) is 0 Å². The van der Waals surface area contributed by atoms with Crippen LogP contribution in [0.25, 0.3) is 0 Å². The Morgan fingerprint density at radius 2 is 2.08 bits per heavy atom. The van der Waals surface area contributed by atoms with Crippen LogP contribution in [0.5, 0.6) is 0 Å². The number of benzene rings is 1. The number of likely N-dealkylation sites (tertiary alicyclic amines) is 1. The number of ether oxygens (including phenoxy) is 1. The first-order chi connectivity index (χ1) is 11.2. The van der Waals surface area contributed by atoms with Crippen molar-refractivity contribution < 1.29 is 22.7 Å². The molecule has 0 bridgehead atoms. The van der Waals surface area contributed by atoms with Gasteiger partial charge in [0.2, 0.25) is 0 Å². The molecule has 24 heavy (non-hydrogen) atoms. The van der Waals surface area contributed by atoms with Gasteiger partial charge in [0.15, 0.2) is 0 Å². The molecule has 1 unspecified atom stereocenters. The molecule has 0 saturated carbocycles. The van der Waals surface area contributed by atoms with E-state index in [0.29, 0.717) is 6.04 Å². The second-order valence-corrected chi connectivity index (χ2v) is 6.36. The van der Waals surface area contributed by atoms with Crippen LogP contribution < -0.4 is 0 Å². The molecule has 0 amide bonds. The van der Waals surface area contributed by atoms with Gasteiger partial charge in [-0.25, -0.2) is 4.79 Å². The van der Waals surface area contributed by atoms with Crippen molar-refractivity contribution in [3.05, 3.63) is 34.9 Å². The van der Waals surface area contributed by atoms with E-state index in [1.165, 1.54) is 12.1 Å². The monoisotopic (exact) mass is 344 g/mol. The van der Waals surface area contributed by atoms with Crippen LogP contribution in [0, 0.1) is 0 Å². The first-order valence-electron chi connectivity index (χ1n) is 7.89. The highest BCUT2D eigenvalue weighted by Gasteiger charge is 2.35. The molecule has 134 valence electrons. The maximum atomic E-state index is 13.4. The van der Waals surface area contributed by atoms with Crippen molar-refractivity contribution in [2.75, 3.05) is 34.3 Å². The number of carbonyl (C=O) groups is 1. The van der Waals surface area contributed by atoms with Gasteiger partial charge in [-0.05, 0) is 51.2 Å². The van der Waals surface area contributed by atoms with E-state index in [-0.39, 0.29) is 17.7 Å². The predicted octanol–water partition coefficient (Wildman–Crippen LogP) is 3.02. The Kier molecular flexibility index (Phi) is 5.87. The number of rotatable bonds is 4. The van der Waals surface area contributed by atoms with E-state index < -0.39 is 17.7 Å². The molecule has 1 aliphatic rings. The third-order valence-electron chi connectivity index (χ3n) is 4.44. The van der Waals surface area contributed by atoms with Crippen LogP contribution in [-0.4, -0.2) is 56.1 Å². The number of methoxy groups -OCH3 is 1. The van der Waals surface area contributed by atoms with E-state index in [1.54, 1.807) is 0 Å². The van der Waals surface area contributed by atoms with Crippen LogP contribution >= 0.6 is 0 Å². The topological polar surface area (TPSA) is 32.8 Å². The third kappa shape index (κ3) is 4.48. The molecule has 1 aliphatic heterocycles. The van der Waals surface area contributed by atoms with Crippen LogP contribution in [0.15, 0.2) is 18.2 Å². The van der Waals surface area contributed by atoms with Crippen LogP contribution in [0.4, 0.5) is 13.2 Å². The number of halogens is 3. The zero-order valence-corrected chi connectivity index (χ0v) is 14.2. The largest absolute Gasteiger partial charge is 0.465 e. The summed E-state index contributed by atoms with van der Waals surface area (Å²) in [6.07, 6.45) is -2.49. The van der Waals surface area contributed by atoms with Gasteiger partial charge in [0, 0.05) is 19.1 Å². The minimum Gasteiger partial charge on any atom is -0.465 e. The van der Waals surface area contributed by atoms with E-state index in [0.717, 1.165) is 39.1 Å². The Morgan fingerprint density at radius 1 is 1.38 bits per heavy atom. The van der Waals surface area contributed by atoms with Gasteiger partial charge in [-0.3, -0.25) is 4.90 Å². The SMILES string of the molecule is COC(=O)c1ccc(CN2CCCC(N(C)C)C2)c(C(F)(F)F)c1. The zero-order chi connectivity index (χ0) is 17.9. The fourth-order valence-corrected chi connectivity index (χ4v) is 3.06. The lowest BCUT2D eigenvalue weighted by atomic mass is 10.00. The van der Waals surface area contributed by atoms with Crippen molar-refractivity contribution in [3.8, 4) is 0 Å². The van der Waals surface area contributed by atoms with Crippen LogP contribution in [0.2, 0.25) is 0 Å². The van der Waals surface area contributed by atoms with Crippen LogP contribution in [0.1, 0.15) is 34.3 Å². The Labute approximate surface area is 140 Å². The first kappa shape index (κ1) is 18.7. The highest BCUT2D eigenvalue weighted by atomic mass is 19.4. The van der Waals surface area contributed by atoms with Crippen molar-refractivity contribution in [2.24, 2.45) is 0 Å². The molecule has 1 atom stereocenters. The summed E-state index contributed by atoms with van der Waals surface area (Å²) in [6.45, 7) is 1.74. The number of likely N-dealkylation sites (N-methyl/N-ethyl adjacent to an activating group) is 1. The maximum Gasteiger partial charge on any atom is 0.416 e. The zero-order valence-electron chi connectivity index (χ0n) is 14.2. The number of hydrogen-bond acceptors (Lipinski definition) is 4. The summed E-state index contributed by atoms with van der Waals surface area (Å²) >= 11 is 0. The lowest BCUT2D eigenvalue weighted by Gasteiger charge is -2.36. The average Bonchev–Trinajstić information content (AvgIpc) is 2.53. The summed E-state index contributed by atoms with van der Waals surface area (Å²) < 4.78 is 44.6. The fraction of sp³-hybridized carbons (Fsp3) is 0.588. The maximum absolute atomic E-state index is 13.4. The molecule has 7 heteroatoms. The minimum absolute atomic E-state index is 0.0848. The molecule has 1 saturated heterocycles. The molecule has 1 fully saturated rings. The fourth-order valence-electron chi connectivity index (χ4n) is 3.06. The van der Waals surface area contributed by atoms with E-state index >= 15 is 0 Å². The number of hydrogen-bond donors (Lipinski definition) is 0. The molecule has 1 aromatic rings. The summed E-state index contributed by atoms with van der Waals surface area (Å²) in [6, 6.07) is 4.01. The van der Waals surface area contributed by atoms with E-state index in [2.05, 4.69) is 9.64 Å². The molecule has 1 aromatic carbocycles. The summed E-state index contributed by atoms with van der Waals surface area (Å²) in [5.41, 5.74) is -0.662. The normalized spacial score (nSPS) is 19.5. The lowest BCUT2D eigenvalue weighted by molar-refractivity contribution is -0.138. The third-order valence-corrected chi connectivity index (χ3v) is 4.44. The standard InChI is InChI=1S/C17H23F3N2O2/c1-21(2)14-5-4-8-22(11-14)10-13-7-6-12(16(23)24-3)9-15(13)17(18,19)20/h6-7,9,14H,4-5,8,10-11H2,1-3H3. The van der Waals surface area contributed by atoms with Gasteiger partial charge in [-0.1, -0.05) is 6.07 Å². The van der Waals surface area contributed by atoms with Crippen molar-refractivity contribution in [1.82, 2.24) is 9.80 Å². The quantitative estimate of drug-likeness (QED) is 0.786. The second-order valence-electron chi connectivity index (χ2n) is 6.36. The van der Waals surface area contributed by atoms with E-state index in [1.807, 2.05) is 19.0 Å². The first-order valence-corrected chi connectivity index (χ1v) is 7.89. The van der Waals surface area contributed by atoms with Gasteiger partial charge in [0.1, 0.15) is 0 Å². The molecule has 2 rings (SSSR count). The van der Waals surface area contributed by atoms with Gasteiger partial charge in [0.05, 0.1) is 18.2 Å². The Bertz CT molecular complexity index is 588. The van der Waals surface area contributed by atoms with E-state index in [4.69, 9.17) is 0 Å². The Morgan fingerprint density at radius 3 is 2.67 bits per heavy atom. The molecule has 1 heterocycles. The number of nitrogens with zero attached hydrogens (tertiary/aromatic N) is 2. The van der Waals surface area contributed by atoms with Crippen molar-refractivity contribution in [3.63, 3.8) is 0 Å². The Balaban J connectivity index is 2.24. The molecule has 0 N–H and O–H groups in total. The van der Waals surface area contributed by atoms with Gasteiger partial charge < -0.3 is 9.64 Å². The van der Waals surface area contributed by atoms with Gasteiger partial charge in [0.25, 0.3) is 0 Å². The second kappa shape index (κ2) is 7.53. The molecule has 0 aliphatic carbocycles. The van der Waals surface area contributed by atoms with E-state index in [9.17, 15) is 18.0 Å². The van der Waals surface area contributed by atoms with Crippen LogP contribution in [0.3, 0.4) is 0 Å². The smallest absolute Gasteiger partial charge is 0.416 e. The predicted molar refractivity (Wildman–Crippen MR) is 84.8 cm³/mol. The number of alkyl halides is 3. The molecule has 0 radical (unpaired) electrons. The summed E-state index contributed by atoms with van der Waals surface area (Å²) in [7, 11) is 5.12. The van der Waals surface area contributed by atoms with Crippen molar-refractivity contribution in [2.45, 2.75) is 31.6 Å². The van der Waals surface area contributed by atoms with Gasteiger partial charge >= 0.3 is 12.1 Å². The lowest BCUT2D eigenvalue weighted by Crippen LogP contribution is -2.44. The van der Waals surface area contributed by atoms with Gasteiger partial charge in [-0.2, -0.15) is 13.2 Å². The van der Waals surface area contributed by atoms with Crippen molar-refractivity contribution >= 4 is 5.97 Å². The summed E-state index contributed by atoms with van der Waals surface area (Å²) in [5.74, 6) is -0.766. The molecule has 0 spiro atoms. The Hall–Kier alpha value is -1.60. The molecule has 4 nitrogen and oxygen atoms in total. The molecule has 0 aromatic heterocycles. The highest BCUT2D eigenvalue weighted by Crippen LogP contribution is 2.34. The molecular weight excluding hydrogens is 321 g/mol.